The highest BCUT2D eigenvalue weighted by atomic mass is 16.5. The minimum Gasteiger partial charge on any atom is -0.459 e. The summed E-state index contributed by atoms with van der Waals surface area (Å²) in [6.07, 6.45) is 15.2. The van der Waals surface area contributed by atoms with E-state index in [1.165, 1.54) is 5.56 Å². The number of esters is 2. The summed E-state index contributed by atoms with van der Waals surface area (Å²) in [5.74, 6) is 0.945. The number of rotatable bonds is 2. The number of benzene rings is 3. The second kappa shape index (κ2) is 19.2. The molecule has 354 valence electrons. The number of hydrogen-bond donors (Lipinski definition) is 2. The van der Waals surface area contributed by atoms with Crippen LogP contribution in [0.1, 0.15) is 134 Å². The van der Waals surface area contributed by atoms with Crippen LogP contribution in [0.2, 0.25) is 0 Å². The molecule has 4 aromatic rings. The zero-order valence-corrected chi connectivity index (χ0v) is 39.5. The molecule has 12 heterocycles. The van der Waals surface area contributed by atoms with Crippen molar-refractivity contribution in [2.24, 2.45) is 56.5 Å². The van der Waals surface area contributed by atoms with Crippen molar-refractivity contribution in [3.8, 4) is 0 Å². The Balaban J connectivity index is 0.925. The minimum absolute atomic E-state index is 0.0102. The Bertz CT molecular complexity index is 2580. The molecule has 0 radical (unpaired) electrons. The molecule has 12 heteroatoms. The predicted octanol–water partition coefficient (Wildman–Crippen LogP) is 9.06. The van der Waals surface area contributed by atoms with E-state index in [0.29, 0.717) is 72.7 Å². The maximum Gasteiger partial charge on any atom is 0.338 e. The van der Waals surface area contributed by atoms with Gasteiger partial charge in [0.05, 0.1) is 29.6 Å². The van der Waals surface area contributed by atoms with E-state index >= 15 is 0 Å². The van der Waals surface area contributed by atoms with Gasteiger partial charge in [-0.1, -0.05) is 81.4 Å². The van der Waals surface area contributed by atoms with E-state index < -0.39 is 6.04 Å². The van der Waals surface area contributed by atoms with Crippen LogP contribution in [0, 0.1) is 46.3 Å². The first-order chi connectivity index (χ1) is 32.9. The Morgan fingerprint density at radius 2 is 1.49 bits per heavy atom. The molecular weight excluding hydrogens is 853 g/mol. The third-order valence-electron chi connectivity index (χ3n) is 17.6. The van der Waals surface area contributed by atoms with Crippen LogP contribution < -0.4 is 10.9 Å². The monoisotopic (exact) mass is 916 g/mol. The normalized spacial score (nSPS) is 34.0. The molecule has 12 bridgehead atoms. The molecule has 15 aliphatic rings. The van der Waals surface area contributed by atoms with E-state index in [1.807, 2.05) is 48.5 Å². The summed E-state index contributed by atoms with van der Waals surface area (Å²) in [6.45, 7) is 8.42. The van der Waals surface area contributed by atoms with Gasteiger partial charge in [-0.2, -0.15) is 10.2 Å². The molecule has 0 spiro atoms. The van der Waals surface area contributed by atoms with Crippen LogP contribution in [0.25, 0.3) is 0 Å². The summed E-state index contributed by atoms with van der Waals surface area (Å²) in [5.41, 5.74) is 11.5. The van der Waals surface area contributed by atoms with Crippen LogP contribution in [-0.4, -0.2) is 64.3 Å². The molecule has 11 aliphatic heterocycles. The van der Waals surface area contributed by atoms with Gasteiger partial charge in [0, 0.05) is 37.8 Å². The Kier molecular flexibility index (Phi) is 12.9. The zero-order valence-electron chi connectivity index (χ0n) is 39.5. The summed E-state index contributed by atoms with van der Waals surface area (Å²) in [5, 5.41) is 8.71. The van der Waals surface area contributed by atoms with Gasteiger partial charge in [0.2, 0.25) is 5.91 Å². The van der Waals surface area contributed by atoms with Crippen LogP contribution in [-0.2, 0) is 38.6 Å². The van der Waals surface area contributed by atoms with Gasteiger partial charge in [0.15, 0.2) is 0 Å². The van der Waals surface area contributed by atoms with Gasteiger partial charge < -0.3 is 9.47 Å². The Morgan fingerprint density at radius 3 is 2.31 bits per heavy atom. The van der Waals surface area contributed by atoms with Crippen LogP contribution in [0.3, 0.4) is 0 Å². The second-order valence-corrected chi connectivity index (χ2v) is 21.2. The summed E-state index contributed by atoms with van der Waals surface area (Å²) < 4.78 is 13.0. The lowest BCUT2D eigenvalue weighted by Crippen LogP contribution is -2.59. The van der Waals surface area contributed by atoms with Gasteiger partial charge in [-0.15, -0.1) is 0 Å². The van der Waals surface area contributed by atoms with E-state index in [4.69, 9.17) is 9.47 Å². The van der Waals surface area contributed by atoms with Crippen LogP contribution in [0.4, 0.5) is 0 Å². The van der Waals surface area contributed by atoms with Crippen molar-refractivity contribution < 1.29 is 28.7 Å². The van der Waals surface area contributed by atoms with Crippen molar-refractivity contribution >= 4 is 36.2 Å². The molecule has 0 unspecified atom stereocenters. The maximum atomic E-state index is 13.9. The fourth-order valence-electron chi connectivity index (χ4n) is 14.0. The Hall–Kier alpha value is -6.01. The number of carbonyl (C=O) groups is 4. The molecule has 4 saturated carbocycles. The molecule has 0 saturated heterocycles. The van der Waals surface area contributed by atoms with Crippen molar-refractivity contribution in [1.29, 1.82) is 0 Å². The molecule has 4 aliphatic carbocycles. The van der Waals surface area contributed by atoms with E-state index in [2.05, 4.69) is 63.8 Å². The van der Waals surface area contributed by atoms with E-state index in [0.717, 1.165) is 68.1 Å². The molecule has 2 amide bonds. The highest BCUT2D eigenvalue weighted by Crippen LogP contribution is 2.69. The average molecular weight is 917 g/mol. The molecular formula is C56H64N6O6. The third kappa shape index (κ3) is 9.16. The van der Waals surface area contributed by atoms with Gasteiger partial charge in [-0.3, -0.25) is 19.5 Å². The first-order valence-corrected chi connectivity index (χ1v) is 24.9. The van der Waals surface area contributed by atoms with Crippen LogP contribution in [0.5, 0.6) is 0 Å². The number of fused-ring (bicyclic) bond motifs is 1. The molecule has 3 aromatic carbocycles. The van der Waals surface area contributed by atoms with Crippen molar-refractivity contribution in [2.75, 3.05) is 0 Å². The van der Waals surface area contributed by atoms with E-state index in [1.54, 1.807) is 49.1 Å². The van der Waals surface area contributed by atoms with Gasteiger partial charge in [0.1, 0.15) is 12.2 Å². The number of pyridine rings is 1. The van der Waals surface area contributed by atoms with Crippen molar-refractivity contribution in [3.63, 3.8) is 0 Å². The number of nitrogens with zero attached hydrogens (tertiary/aromatic N) is 4. The minimum atomic E-state index is -0.458. The highest BCUT2D eigenvalue weighted by molar-refractivity contribution is 5.93. The largest absolute Gasteiger partial charge is 0.459 e. The smallest absolute Gasteiger partial charge is 0.338 e. The number of carbonyl (C=O) groups excluding carboxylic acids is 4. The van der Waals surface area contributed by atoms with E-state index in [-0.39, 0.29) is 58.6 Å². The Morgan fingerprint density at radius 1 is 0.750 bits per heavy atom. The number of amides is 2. The summed E-state index contributed by atoms with van der Waals surface area (Å²) >= 11 is 0. The lowest BCUT2D eigenvalue weighted by molar-refractivity contribution is -0.175. The lowest BCUT2D eigenvalue weighted by Gasteiger charge is -2.62. The Labute approximate surface area is 399 Å². The first-order valence-electron chi connectivity index (χ1n) is 24.9. The van der Waals surface area contributed by atoms with Crippen molar-refractivity contribution in [2.45, 2.75) is 123 Å². The molecule has 68 heavy (non-hydrogen) atoms. The summed E-state index contributed by atoms with van der Waals surface area (Å²) in [7, 11) is 0. The molecule has 4 fully saturated rings. The summed E-state index contributed by atoms with van der Waals surface area (Å²) in [4.78, 5) is 61.2. The van der Waals surface area contributed by atoms with Crippen LogP contribution in [0.15, 0.2) is 108 Å². The van der Waals surface area contributed by atoms with Gasteiger partial charge in [0.25, 0.3) is 5.91 Å². The average Bonchev–Trinajstić information content (AvgIpc) is 3.71. The lowest BCUT2D eigenvalue weighted by atomic mass is 9.43. The number of aromatic nitrogens is 1. The van der Waals surface area contributed by atoms with Gasteiger partial charge >= 0.3 is 11.9 Å². The van der Waals surface area contributed by atoms with Gasteiger partial charge in [-0.25, -0.2) is 20.4 Å². The first kappa shape index (κ1) is 45.8. The predicted molar refractivity (Wildman–Crippen MR) is 259 cm³/mol. The molecule has 11 atom stereocenters. The molecule has 12 nitrogen and oxygen atoms in total. The fourth-order valence-corrected chi connectivity index (χ4v) is 14.0. The van der Waals surface area contributed by atoms with E-state index in [9.17, 15) is 19.2 Å². The third-order valence-corrected chi connectivity index (χ3v) is 17.6. The van der Waals surface area contributed by atoms with Gasteiger partial charge in [-0.05, 0) is 157 Å². The molecule has 19 rings (SSSR count). The fraction of sp³-hybridized carbons (Fsp3) is 0.482. The topological polar surface area (TPSA) is 152 Å². The number of nitrogens with one attached hydrogen (secondary N) is 2. The summed E-state index contributed by atoms with van der Waals surface area (Å²) in [6, 6.07) is 26.4. The standard InChI is InChI=1S/C56H64N6O6/c1-35-11-18-50(63)60-58-31-36-12-14-37(15-13-36)33-62-34-42-9-5-4-8-40(42)28-48(62)52(64)61-59-32-38-7-6-10-41(27-38)54(66)67-44-19-23-55(2)43(29-44)30-49(68-53(65)39-21-25-57-26-22-39)51-46-17-16-45(35)56(46,3)24-20-47(51)55/h4-10,12-15,21-22,25-27,31-32,35,43-49,51H,11,16-20,23-24,28-30,33-34H2,1-3H3,(H,60,63)(H,61,64)/b58-31+,59-32+/t35-,43+,44-,45-,46+,47+,48+,49-,51+,55+,56-/m1/s1. The highest BCUT2D eigenvalue weighted by Gasteiger charge is 2.64. The maximum absolute atomic E-state index is 13.9. The SMILES string of the molecule is C[C@@H]1CCC(=O)N/N=C/c2ccc(cc2)CN2Cc3ccccc3C[C@H]2C(=O)N/N=C/c2cccc(c2)C(=O)O[C@@H]2CC[C@@]3(C)[C@@H](C2)C[C@@H](OC(=O)c2ccncc2)[C@@H]2[C@@H]3CC[C@]3(C)[C@@H]1CC[C@@H]23. The quantitative estimate of drug-likeness (QED) is 0.189. The number of ether oxygens (including phenoxy) is 2. The molecule has 2 N–H and O–H groups in total. The molecule has 1 aromatic heterocycles. The number of hydrogen-bond acceptors (Lipinski definition) is 10. The van der Waals surface area contributed by atoms with Crippen molar-refractivity contribution in [3.05, 3.63) is 136 Å². The van der Waals surface area contributed by atoms with Crippen LogP contribution >= 0.6 is 0 Å². The second-order valence-electron chi connectivity index (χ2n) is 21.2. The number of hydrazone groups is 2. The van der Waals surface area contributed by atoms with Crippen molar-refractivity contribution in [1.82, 2.24) is 20.7 Å². The zero-order chi connectivity index (χ0) is 47.0.